The molecule has 34 heavy (non-hydrogen) atoms. The number of hydrogen-bond donors (Lipinski definition) is 0. The number of para-hydroxylation sites is 2. The van der Waals surface area contributed by atoms with Crippen LogP contribution in [0.4, 0.5) is 11.4 Å². The molecule has 5 rings (SSSR count). The molecule has 1 aliphatic heterocycles. The van der Waals surface area contributed by atoms with Crippen LogP contribution >= 0.6 is 11.8 Å². The van der Waals surface area contributed by atoms with Gasteiger partial charge in [0, 0.05) is 17.1 Å². The highest BCUT2D eigenvalue weighted by atomic mass is 32.2. The molecule has 0 aliphatic carbocycles. The van der Waals surface area contributed by atoms with Crippen molar-refractivity contribution in [2.75, 3.05) is 4.90 Å². The zero-order chi connectivity index (χ0) is 23.7. The Hall–Kier alpha value is -3.83. The smallest absolute Gasteiger partial charge is 0.271 e. The van der Waals surface area contributed by atoms with Crippen LogP contribution in [0.2, 0.25) is 0 Å². The number of hydrogen-bond acceptors (Lipinski definition) is 3. The minimum Gasteiger partial charge on any atom is -0.318 e. The summed E-state index contributed by atoms with van der Waals surface area (Å²) in [6.07, 6.45) is 1.99. The van der Waals surface area contributed by atoms with Gasteiger partial charge in [-0.05, 0) is 86.6 Å². The highest BCUT2D eigenvalue weighted by Crippen LogP contribution is 2.38. The van der Waals surface area contributed by atoms with Crippen LogP contribution in [-0.4, -0.2) is 15.6 Å². The highest BCUT2D eigenvalue weighted by molar-refractivity contribution is 8.19. The van der Waals surface area contributed by atoms with Crippen molar-refractivity contribution in [2.45, 2.75) is 20.8 Å². The number of carbonyl (C=O) groups excluding carboxylic acids is 1. The van der Waals surface area contributed by atoms with Crippen molar-refractivity contribution in [2.24, 2.45) is 4.99 Å². The van der Waals surface area contributed by atoms with Crippen molar-refractivity contribution in [3.05, 3.63) is 118 Å². The Morgan fingerprint density at radius 1 is 0.794 bits per heavy atom. The van der Waals surface area contributed by atoms with E-state index in [1.807, 2.05) is 66.7 Å². The molecule has 1 aromatic heterocycles. The molecule has 1 aliphatic rings. The summed E-state index contributed by atoms with van der Waals surface area (Å²) in [5.41, 5.74) is 7.23. The van der Waals surface area contributed by atoms with Gasteiger partial charge in [-0.25, -0.2) is 4.99 Å². The molecule has 168 valence electrons. The van der Waals surface area contributed by atoms with Crippen molar-refractivity contribution in [3.8, 4) is 5.69 Å². The quantitative estimate of drug-likeness (QED) is 0.300. The van der Waals surface area contributed by atoms with Crippen molar-refractivity contribution < 1.29 is 4.79 Å². The maximum atomic E-state index is 13.6. The maximum Gasteiger partial charge on any atom is 0.271 e. The van der Waals surface area contributed by atoms with Gasteiger partial charge in [-0.3, -0.25) is 9.69 Å². The molecule has 0 saturated carbocycles. The summed E-state index contributed by atoms with van der Waals surface area (Å²) in [5, 5.41) is 0.654. The Labute approximate surface area is 204 Å². The third-order valence-electron chi connectivity index (χ3n) is 5.85. The fourth-order valence-electron chi connectivity index (χ4n) is 4.13. The van der Waals surface area contributed by atoms with Gasteiger partial charge in [0.15, 0.2) is 5.17 Å². The number of nitrogens with zero attached hydrogens (tertiary/aromatic N) is 3. The highest BCUT2D eigenvalue weighted by Gasteiger charge is 2.35. The van der Waals surface area contributed by atoms with Gasteiger partial charge in [0.05, 0.1) is 16.3 Å². The fourth-order valence-corrected chi connectivity index (χ4v) is 5.12. The van der Waals surface area contributed by atoms with Gasteiger partial charge in [-0.2, -0.15) is 0 Å². The molecule has 1 fully saturated rings. The zero-order valence-electron chi connectivity index (χ0n) is 19.4. The second-order valence-corrected chi connectivity index (χ2v) is 9.32. The summed E-state index contributed by atoms with van der Waals surface area (Å²) in [6, 6.07) is 30.1. The molecule has 4 aromatic rings. The number of aryl methyl sites for hydroxylation is 2. The first-order valence-electron chi connectivity index (χ1n) is 11.2. The standard InChI is InChI=1S/C29H25N3OS/c1-20-14-16-26(17-15-20)31-21(2)18-23(22(31)3)19-27-28(33)32(25-12-8-5-9-13-25)29(34-27)30-24-10-6-4-7-11-24/h4-19H,1-3H3/b27-19-,30-29?. The lowest BCUT2D eigenvalue weighted by Gasteiger charge is -2.15. The van der Waals surface area contributed by atoms with E-state index < -0.39 is 0 Å². The van der Waals surface area contributed by atoms with E-state index in [1.165, 1.54) is 17.3 Å². The van der Waals surface area contributed by atoms with E-state index in [4.69, 9.17) is 4.99 Å². The van der Waals surface area contributed by atoms with Gasteiger partial charge >= 0.3 is 0 Å². The Morgan fingerprint density at radius 3 is 2.12 bits per heavy atom. The third-order valence-corrected chi connectivity index (χ3v) is 6.82. The number of thioether (sulfide) groups is 1. The number of aromatic nitrogens is 1. The molecule has 0 radical (unpaired) electrons. The van der Waals surface area contributed by atoms with Gasteiger partial charge in [-0.15, -0.1) is 0 Å². The number of rotatable bonds is 4. The lowest BCUT2D eigenvalue weighted by atomic mass is 10.2. The minimum absolute atomic E-state index is 0.0639. The first-order chi connectivity index (χ1) is 16.5. The summed E-state index contributed by atoms with van der Waals surface area (Å²) in [5.74, 6) is -0.0639. The predicted molar refractivity (Wildman–Crippen MR) is 143 cm³/mol. The zero-order valence-corrected chi connectivity index (χ0v) is 20.2. The van der Waals surface area contributed by atoms with E-state index in [1.54, 1.807) is 4.90 Å². The first kappa shape index (κ1) is 22.0. The number of aliphatic imine (C=N–C) groups is 1. The summed E-state index contributed by atoms with van der Waals surface area (Å²) in [4.78, 5) is 20.7. The van der Waals surface area contributed by atoms with Crippen LogP contribution < -0.4 is 4.90 Å². The largest absolute Gasteiger partial charge is 0.318 e. The maximum absolute atomic E-state index is 13.6. The second-order valence-electron chi connectivity index (χ2n) is 8.31. The van der Waals surface area contributed by atoms with E-state index in [-0.39, 0.29) is 5.91 Å². The van der Waals surface area contributed by atoms with Crippen molar-refractivity contribution in [3.63, 3.8) is 0 Å². The van der Waals surface area contributed by atoms with Crippen LogP contribution in [0.5, 0.6) is 0 Å². The SMILES string of the molecule is Cc1ccc(-n2c(C)cc(/C=C3\SC(=Nc4ccccc4)N(c4ccccc4)C3=O)c2C)cc1. The molecule has 0 spiro atoms. The molecule has 0 atom stereocenters. The molecular weight excluding hydrogens is 438 g/mol. The Bertz CT molecular complexity index is 1400. The summed E-state index contributed by atoms with van der Waals surface area (Å²) < 4.78 is 2.23. The monoisotopic (exact) mass is 463 g/mol. The van der Waals surface area contributed by atoms with Crippen molar-refractivity contribution >= 4 is 40.3 Å². The van der Waals surface area contributed by atoms with Crippen LogP contribution in [0.25, 0.3) is 11.8 Å². The lowest BCUT2D eigenvalue weighted by Crippen LogP contribution is -2.28. The average Bonchev–Trinajstić information content (AvgIpc) is 3.30. The van der Waals surface area contributed by atoms with Crippen LogP contribution in [0.3, 0.4) is 0 Å². The molecular formula is C29H25N3OS. The number of amidine groups is 1. The minimum atomic E-state index is -0.0639. The number of carbonyl (C=O) groups is 1. The van der Waals surface area contributed by atoms with Crippen LogP contribution in [-0.2, 0) is 4.79 Å². The van der Waals surface area contributed by atoms with Gasteiger partial charge in [-0.1, -0.05) is 54.1 Å². The van der Waals surface area contributed by atoms with E-state index >= 15 is 0 Å². The molecule has 0 N–H and O–H groups in total. The van der Waals surface area contributed by atoms with Crippen LogP contribution in [0.15, 0.2) is 101 Å². The van der Waals surface area contributed by atoms with Crippen molar-refractivity contribution in [1.82, 2.24) is 4.57 Å². The average molecular weight is 464 g/mol. The predicted octanol–water partition coefficient (Wildman–Crippen LogP) is 7.21. The molecule has 5 heteroatoms. The molecule has 1 amide bonds. The van der Waals surface area contributed by atoms with Gasteiger partial charge in [0.25, 0.3) is 5.91 Å². The number of anilines is 1. The third kappa shape index (κ3) is 4.22. The van der Waals surface area contributed by atoms with E-state index in [9.17, 15) is 4.79 Å². The van der Waals surface area contributed by atoms with E-state index in [2.05, 4.69) is 55.7 Å². The Morgan fingerprint density at radius 2 is 1.44 bits per heavy atom. The molecule has 4 nitrogen and oxygen atoms in total. The van der Waals surface area contributed by atoms with Crippen LogP contribution in [0, 0.1) is 20.8 Å². The topological polar surface area (TPSA) is 37.6 Å². The molecule has 0 bridgehead atoms. The fraction of sp³-hybridized carbons (Fsp3) is 0.103. The first-order valence-corrected chi connectivity index (χ1v) is 12.0. The lowest BCUT2D eigenvalue weighted by molar-refractivity contribution is -0.113. The van der Waals surface area contributed by atoms with Crippen molar-refractivity contribution in [1.29, 1.82) is 0 Å². The summed E-state index contributed by atoms with van der Waals surface area (Å²) in [6.45, 7) is 6.28. The molecule has 0 unspecified atom stereocenters. The second kappa shape index (κ2) is 9.20. The van der Waals surface area contributed by atoms with Gasteiger partial charge in [0.1, 0.15) is 0 Å². The molecule has 1 saturated heterocycles. The van der Waals surface area contributed by atoms with E-state index in [0.29, 0.717) is 10.1 Å². The molecule has 2 heterocycles. The normalized spacial score (nSPS) is 16.1. The molecule has 3 aromatic carbocycles. The van der Waals surface area contributed by atoms with Gasteiger partial charge in [0.2, 0.25) is 0 Å². The van der Waals surface area contributed by atoms with E-state index in [0.717, 1.165) is 34.0 Å². The summed E-state index contributed by atoms with van der Waals surface area (Å²) in [7, 11) is 0. The Balaban J connectivity index is 1.56. The number of amides is 1. The number of benzene rings is 3. The summed E-state index contributed by atoms with van der Waals surface area (Å²) >= 11 is 1.41. The van der Waals surface area contributed by atoms with Crippen LogP contribution in [0.1, 0.15) is 22.5 Å². The van der Waals surface area contributed by atoms with Gasteiger partial charge < -0.3 is 4.57 Å². The Kier molecular flexibility index (Phi) is 5.95.